The van der Waals surface area contributed by atoms with Crippen LogP contribution in [0.3, 0.4) is 0 Å². The number of hydrogen-bond acceptors (Lipinski definition) is 4. The minimum atomic E-state index is 0.479. The van der Waals surface area contributed by atoms with Gasteiger partial charge in [-0.25, -0.2) is 0 Å². The van der Waals surface area contributed by atoms with Crippen molar-refractivity contribution >= 4 is 11.3 Å². The molecule has 1 aromatic carbocycles. The summed E-state index contributed by atoms with van der Waals surface area (Å²) >= 11 is 1.75. The van der Waals surface area contributed by atoms with Gasteiger partial charge in [0.25, 0.3) is 0 Å². The predicted octanol–water partition coefficient (Wildman–Crippen LogP) is 2.97. The Morgan fingerprint density at radius 2 is 2.16 bits per heavy atom. The number of benzene rings is 1. The molecule has 1 heterocycles. The van der Waals surface area contributed by atoms with E-state index in [1.807, 2.05) is 0 Å². The highest BCUT2D eigenvalue weighted by molar-refractivity contribution is 7.11. The Balaban J connectivity index is 1.63. The maximum Gasteiger partial charge on any atom is 0.131 e. The van der Waals surface area contributed by atoms with Gasteiger partial charge in [-0.05, 0) is 30.0 Å². The van der Waals surface area contributed by atoms with Gasteiger partial charge in [0.2, 0.25) is 0 Å². The zero-order chi connectivity index (χ0) is 13.2. The average Bonchev–Trinajstić information content (AvgIpc) is 2.79. The fraction of sp³-hybridized carbons (Fsp3) is 0.467. The maximum absolute atomic E-state index is 4.36. The first-order valence-corrected chi connectivity index (χ1v) is 7.66. The second kappa shape index (κ2) is 5.39. The smallest absolute Gasteiger partial charge is 0.131 e. The summed E-state index contributed by atoms with van der Waals surface area (Å²) in [6.45, 7) is 6.29. The third kappa shape index (κ3) is 2.69. The molecule has 1 atom stereocenters. The first-order valence-electron chi connectivity index (χ1n) is 6.85. The molecule has 0 aliphatic heterocycles. The van der Waals surface area contributed by atoms with E-state index in [9.17, 15) is 0 Å². The fourth-order valence-electron chi connectivity index (χ4n) is 2.43. The molecule has 100 valence electrons. The van der Waals surface area contributed by atoms with Crippen molar-refractivity contribution < 1.29 is 0 Å². The highest BCUT2D eigenvalue weighted by atomic mass is 32.1. The minimum Gasteiger partial charge on any atom is -0.310 e. The van der Waals surface area contributed by atoms with Crippen LogP contribution in [0.4, 0.5) is 0 Å². The molecule has 2 aromatic rings. The van der Waals surface area contributed by atoms with E-state index in [0.717, 1.165) is 24.5 Å². The predicted molar refractivity (Wildman–Crippen MR) is 78.4 cm³/mol. The lowest BCUT2D eigenvalue weighted by Crippen LogP contribution is -2.18. The van der Waals surface area contributed by atoms with Gasteiger partial charge in [0, 0.05) is 12.5 Å². The third-order valence-corrected chi connectivity index (χ3v) is 4.50. The van der Waals surface area contributed by atoms with Gasteiger partial charge < -0.3 is 5.32 Å². The van der Waals surface area contributed by atoms with Crippen LogP contribution in [0.2, 0.25) is 0 Å². The van der Waals surface area contributed by atoms with Crippen molar-refractivity contribution in [2.24, 2.45) is 5.92 Å². The highest BCUT2D eigenvalue weighted by Crippen LogP contribution is 2.40. The average molecular weight is 273 g/mol. The normalized spacial score (nSPS) is 17.3. The molecular weight excluding hydrogens is 254 g/mol. The first kappa shape index (κ1) is 12.8. The largest absolute Gasteiger partial charge is 0.310 e. The Morgan fingerprint density at radius 1 is 1.32 bits per heavy atom. The third-order valence-electron chi connectivity index (χ3n) is 3.46. The van der Waals surface area contributed by atoms with Gasteiger partial charge in [0.1, 0.15) is 10.0 Å². The van der Waals surface area contributed by atoms with Gasteiger partial charge in [-0.15, -0.1) is 10.2 Å². The number of hydrogen-bond donors (Lipinski definition) is 1. The van der Waals surface area contributed by atoms with E-state index in [1.54, 1.807) is 11.3 Å². The van der Waals surface area contributed by atoms with Gasteiger partial charge in [-0.2, -0.15) is 0 Å². The van der Waals surface area contributed by atoms with Crippen molar-refractivity contribution in [3.05, 3.63) is 45.4 Å². The Labute approximate surface area is 118 Å². The summed E-state index contributed by atoms with van der Waals surface area (Å²) in [5.41, 5.74) is 2.89. The Morgan fingerprint density at radius 3 is 2.95 bits per heavy atom. The van der Waals surface area contributed by atoms with E-state index in [-0.39, 0.29) is 0 Å². The van der Waals surface area contributed by atoms with Crippen LogP contribution >= 0.6 is 11.3 Å². The van der Waals surface area contributed by atoms with Crippen LogP contribution in [-0.4, -0.2) is 16.7 Å². The van der Waals surface area contributed by atoms with E-state index in [2.05, 4.69) is 53.6 Å². The molecule has 0 amide bonds. The molecule has 3 nitrogen and oxygen atoms in total. The number of fused-ring (bicyclic) bond motifs is 1. The van der Waals surface area contributed by atoms with E-state index >= 15 is 0 Å². The summed E-state index contributed by atoms with van der Waals surface area (Å²) in [4.78, 5) is 0. The summed E-state index contributed by atoms with van der Waals surface area (Å²) in [6, 6.07) is 8.63. The molecule has 3 rings (SSSR count). The molecule has 1 aliphatic carbocycles. The van der Waals surface area contributed by atoms with E-state index in [4.69, 9.17) is 0 Å². The van der Waals surface area contributed by atoms with Crippen LogP contribution in [0, 0.1) is 5.92 Å². The SMILES string of the molecule is CC(C)CNCc1nnc(C2Cc3ccccc32)s1. The van der Waals surface area contributed by atoms with Crippen LogP contribution in [0.15, 0.2) is 24.3 Å². The van der Waals surface area contributed by atoms with Crippen LogP contribution in [0.5, 0.6) is 0 Å². The van der Waals surface area contributed by atoms with Crippen molar-refractivity contribution in [2.45, 2.75) is 32.7 Å². The molecule has 0 bridgehead atoms. The molecule has 1 aliphatic rings. The lowest BCUT2D eigenvalue weighted by Gasteiger charge is -2.27. The van der Waals surface area contributed by atoms with Crippen molar-refractivity contribution in [3.63, 3.8) is 0 Å². The Kier molecular flexibility index (Phi) is 3.62. The van der Waals surface area contributed by atoms with Crippen molar-refractivity contribution in [2.75, 3.05) is 6.54 Å². The molecule has 0 radical (unpaired) electrons. The van der Waals surface area contributed by atoms with Crippen LogP contribution in [0.1, 0.15) is 40.9 Å². The molecule has 1 N–H and O–H groups in total. The lowest BCUT2D eigenvalue weighted by atomic mass is 9.78. The lowest BCUT2D eigenvalue weighted by molar-refractivity contribution is 0.550. The van der Waals surface area contributed by atoms with E-state index in [1.165, 1.54) is 16.1 Å². The Hall–Kier alpha value is -1.26. The second-order valence-corrected chi connectivity index (χ2v) is 6.61. The number of nitrogens with zero attached hydrogens (tertiary/aromatic N) is 2. The summed E-state index contributed by atoms with van der Waals surface area (Å²) in [7, 11) is 0. The summed E-state index contributed by atoms with van der Waals surface area (Å²) in [5.74, 6) is 1.15. The van der Waals surface area contributed by atoms with Crippen molar-refractivity contribution in [1.82, 2.24) is 15.5 Å². The summed E-state index contributed by atoms with van der Waals surface area (Å²) in [6.07, 6.45) is 1.12. The molecule has 1 aromatic heterocycles. The fourth-order valence-corrected chi connectivity index (χ4v) is 3.36. The monoisotopic (exact) mass is 273 g/mol. The minimum absolute atomic E-state index is 0.479. The molecule has 19 heavy (non-hydrogen) atoms. The topological polar surface area (TPSA) is 37.8 Å². The maximum atomic E-state index is 4.36. The van der Waals surface area contributed by atoms with Gasteiger partial charge in [0.15, 0.2) is 0 Å². The van der Waals surface area contributed by atoms with Crippen LogP contribution in [-0.2, 0) is 13.0 Å². The molecule has 0 fully saturated rings. The zero-order valence-electron chi connectivity index (χ0n) is 11.4. The zero-order valence-corrected chi connectivity index (χ0v) is 12.2. The van der Waals surface area contributed by atoms with Gasteiger partial charge in [-0.3, -0.25) is 0 Å². The molecule has 1 unspecified atom stereocenters. The standard InChI is InChI=1S/C15H19N3S/c1-10(2)8-16-9-14-17-18-15(19-14)13-7-11-5-3-4-6-12(11)13/h3-6,10,13,16H,7-9H2,1-2H3. The highest BCUT2D eigenvalue weighted by Gasteiger charge is 2.29. The summed E-state index contributed by atoms with van der Waals surface area (Å²) < 4.78 is 0. The quantitative estimate of drug-likeness (QED) is 0.910. The van der Waals surface area contributed by atoms with E-state index in [0.29, 0.717) is 11.8 Å². The van der Waals surface area contributed by atoms with Gasteiger partial charge >= 0.3 is 0 Å². The van der Waals surface area contributed by atoms with Crippen molar-refractivity contribution in [3.8, 4) is 0 Å². The molecule has 4 heteroatoms. The van der Waals surface area contributed by atoms with Gasteiger partial charge in [0.05, 0.1) is 0 Å². The molecular formula is C15H19N3S. The number of aromatic nitrogens is 2. The summed E-state index contributed by atoms with van der Waals surface area (Å²) in [5, 5.41) is 14.3. The number of rotatable bonds is 5. The first-order chi connectivity index (χ1) is 9.24. The van der Waals surface area contributed by atoms with Crippen LogP contribution in [0.25, 0.3) is 0 Å². The van der Waals surface area contributed by atoms with Crippen LogP contribution < -0.4 is 5.32 Å². The molecule has 0 saturated carbocycles. The van der Waals surface area contributed by atoms with Crippen molar-refractivity contribution in [1.29, 1.82) is 0 Å². The number of nitrogens with one attached hydrogen (secondary N) is 1. The molecule has 0 saturated heterocycles. The van der Waals surface area contributed by atoms with Gasteiger partial charge in [-0.1, -0.05) is 49.4 Å². The second-order valence-electron chi connectivity index (χ2n) is 5.51. The van der Waals surface area contributed by atoms with E-state index < -0.39 is 0 Å². The molecule has 0 spiro atoms. The Bertz CT molecular complexity index is 562.